The number of pyridine rings is 1. The molecule has 0 radical (unpaired) electrons. The number of hydrogen-bond donors (Lipinski definition) is 3. The van der Waals surface area contributed by atoms with E-state index in [4.69, 9.17) is 0 Å². The van der Waals surface area contributed by atoms with Crippen molar-refractivity contribution in [2.45, 2.75) is 6.42 Å². The molecule has 1 aliphatic heterocycles. The molecule has 3 heterocycles. The lowest BCUT2D eigenvalue weighted by Gasteiger charge is -2.27. The number of carbonyl (C=O) groups excluding carboxylic acids is 1. The van der Waals surface area contributed by atoms with E-state index in [0.717, 1.165) is 36.5 Å². The van der Waals surface area contributed by atoms with E-state index in [0.29, 0.717) is 35.5 Å². The fraction of sp³-hybridized carbons (Fsp3) is 0.208. The van der Waals surface area contributed by atoms with E-state index in [-0.39, 0.29) is 17.9 Å². The molecule has 0 atom stereocenters. The van der Waals surface area contributed by atoms with Crippen molar-refractivity contribution in [3.8, 4) is 0 Å². The van der Waals surface area contributed by atoms with E-state index in [2.05, 4.69) is 25.8 Å². The number of anilines is 2. The molecular weight excluding hydrogens is 426 g/mol. The number of H-pyrrole nitrogens is 1. The number of hydrogen-bond acceptors (Lipinski definition) is 5. The molecule has 4 aromatic rings. The predicted molar refractivity (Wildman–Crippen MR) is 122 cm³/mol. The first-order chi connectivity index (χ1) is 16.1. The van der Waals surface area contributed by atoms with Gasteiger partial charge in [-0.05, 0) is 53.6 Å². The van der Waals surface area contributed by atoms with Crippen LogP contribution in [0.2, 0.25) is 0 Å². The van der Waals surface area contributed by atoms with Crippen molar-refractivity contribution in [3.05, 3.63) is 83.1 Å². The summed E-state index contributed by atoms with van der Waals surface area (Å²) in [5.41, 5.74) is 2.80. The Bertz CT molecular complexity index is 1320. The molecule has 1 amide bonds. The number of nitrogens with zero attached hydrogens (tertiary/aromatic N) is 3. The maximum atomic E-state index is 14.1. The van der Waals surface area contributed by atoms with Crippen LogP contribution in [0.4, 0.5) is 20.3 Å². The minimum absolute atomic E-state index is 0.00399. The van der Waals surface area contributed by atoms with Crippen LogP contribution in [0.3, 0.4) is 0 Å². The van der Waals surface area contributed by atoms with Gasteiger partial charge in [0.1, 0.15) is 17.5 Å². The second-order valence-corrected chi connectivity index (χ2v) is 7.97. The molecule has 0 bridgehead atoms. The summed E-state index contributed by atoms with van der Waals surface area (Å²) >= 11 is 0. The Morgan fingerprint density at radius 2 is 1.94 bits per heavy atom. The van der Waals surface area contributed by atoms with Crippen LogP contribution in [0.5, 0.6) is 0 Å². The largest absolute Gasteiger partial charge is 0.340 e. The second-order valence-electron chi connectivity index (χ2n) is 7.97. The van der Waals surface area contributed by atoms with Crippen molar-refractivity contribution in [1.29, 1.82) is 0 Å². The molecule has 168 valence electrons. The summed E-state index contributed by atoms with van der Waals surface area (Å²) in [4.78, 5) is 19.0. The number of fused-ring (bicyclic) bond motifs is 1. The summed E-state index contributed by atoms with van der Waals surface area (Å²) in [5, 5.41) is 14.4. The van der Waals surface area contributed by atoms with Crippen LogP contribution in [0.25, 0.3) is 11.0 Å². The van der Waals surface area contributed by atoms with E-state index in [1.54, 1.807) is 18.3 Å². The predicted octanol–water partition coefficient (Wildman–Crippen LogP) is 3.62. The molecule has 0 unspecified atom stereocenters. The van der Waals surface area contributed by atoms with Crippen LogP contribution in [0.15, 0.2) is 54.7 Å². The second kappa shape index (κ2) is 8.95. The monoisotopic (exact) mass is 448 g/mol. The number of nitrogens with one attached hydrogen (secondary N) is 3. The molecule has 1 saturated heterocycles. The normalized spacial score (nSPS) is 13.9. The molecule has 3 N–H and O–H groups in total. The summed E-state index contributed by atoms with van der Waals surface area (Å²) in [5.74, 6) is -0.351. The standard InChI is InChI=1S/C24H22F2N6O/c25-18-4-5-21(26)17(12-18)10-15-11-20-22(28-14-15)30-31-23(20)29-19-3-1-2-16(13-19)24(33)32-8-6-27-7-9-32/h1-5,11-14,27H,6-10H2,(H2,28,29,30,31). The van der Waals surface area contributed by atoms with Crippen molar-refractivity contribution in [2.24, 2.45) is 0 Å². The lowest BCUT2D eigenvalue weighted by Crippen LogP contribution is -2.46. The molecular formula is C24H22F2N6O. The Hall–Kier alpha value is -3.85. The molecule has 9 heteroatoms. The van der Waals surface area contributed by atoms with Crippen molar-refractivity contribution in [2.75, 3.05) is 31.5 Å². The maximum absolute atomic E-state index is 14.1. The molecule has 1 fully saturated rings. The van der Waals surface area contributed by atoms with Gasteiger partial charge in [-0.15, -0.1) is 0 Å². The third kappa shape index (κ3) is 4.54. The first-order valence-corrected chi connectivity index (χ1v) is 10.7. The van der Waals surface area contributed by atoms with Gasteiger partial charge in [-0.2, -0.15) is 5.10 Å². The topological polar surface area (TPSA) is 85.9 Å². The highest BCUT2D eigenvalue weighted by Crippen LogP contribution is 2.26. The van der Waals surface area contributed by atoms with E-state index in [9.17, 15) is 13.6 Å². The van der Waals surface area contributed by atoms with Gasteiger partial charge in [0.2, 0.25) is 0 Å². The van der Waals surface area contributed by atoms with Crippen molar-refractivity contribution < 1.29 is 13.6 Å². The smallest absolute Gasteiger partial charge is 0.254 e. The van der Waals surface area contributed by atoms with Gasteiger partial charge in [0, 0.05) is 50.0 Å². The number of aromatic amines is 1. The fourth-order valence-electron chi connectivity index (χ4n) is 3.96. The minimum Gasteiger partial charge on any atom is -0.340 e. The van der Waals surface area contributed by atoms with E-state index < -0.39 is 11.6 Å². The number of piperazine rings is 1. The zero-order chi connectivity index (χ0) is 22.8. The number of benzene rings is 2. The summed E-state index contributed by atoms with van der Waals surface area (Å²) in [7, 11) is 0. The molecule has 0 aliphatic carbocycles. The third-order valence-electron chi connectivity index (χ3n) is 5.65. The number of carbonyl (C=O) groups is 1. The number of halogens is 2. The molecule has 33 heavy (non-hydrogen) atoms. The van der Waals surface area contributed by atoms with Gasteiger partial charge in [0.25, 0.3) is 5.91 Å². The average molecular weight is 448 g/mol. The van der Waals surface area contributed by atoms with Gasteiger partial charge in [-0.25, -0.2) is 13.8 Å². The number of aromatic nitrogens is 3. The molecule has 0 spiro atoms. The van der Waals surface area contributed by atoms with E-state index in [1.807, 2.05) is 23.1 Å². The van der Waals surface area contributed by atoms with Gasteiger partial charge in [0.05, 0.1) is 5.39 Å². The Labute approximate surface area is 188 Å². The Morgan fingerprint density at radius 3 is 2.79 bits per heavy atom. The van der Waals surface area contributed by atoms with Crippen LogP contribution in [-0.4, -0.2) is 52.2 Å². The van der Waals surface area contributed by atoms with Crippen LogP contribution < -0.4 is 10.6 Å². The molecule has 2 aromatic carbocycles. The number of amides is 1. The molecule has 5 rings (SSSR count). The highest BCUT2D eigenvalue weighted by Gasteiger charge is 2.18. The lowest BCUT2D eigenvalue weighted by molar-refractivity contribution is 0.0736. The van der Waals surface area contributed by atoms with Crippen LogP contribution in [-0.2, 0) is 6.42 Å². The van der Waals surface area contributed by atoms with Gasteiger partial charge < -0.3 is 15.5 Å². The van der Waals surface area contributed by atoms with Crippen molar-refractivity contribution in [3.63, 3.8) is 0 Å². The minimum atomic E-state index is -0.485. The Balaban J connectivity index is 1.38. The van der Waals surface area contributed by atoms with E-state index >= 15 is 0 Å². The average Bonchev–Trinajstić information content (AvgIpc) is 3.23. The molecule has 2 aromatic heterocycles. The quantitative estimate of drug-likeness (QED) is 0.434. The van der Waals surface area contributed by atoms with Crippen LogP contribution in [0.1, 0.15) is 21.5 Å². The van der Waals surface area contributed by atoms with Gasteiger partial charge >= 0.3 is 0 Å². The summed E-state index contributed by atoms with van der Waals surface area (Å²) in [6, 6.07) is 12.5. The molecule has 1 aliphatic rings. The van der Waals surface area contributed by atoms with Gasteiger partial charge in [-0.3, -0.25) is 9.89 Å². The zero-order valence-corrected chi connectivity index (χ0v) is 17.7. The Morgan fingerprint density at radius 1 is 1.09 bits per heavy atom. The SMILES string of the molecule is O=C(c1cccc(Nc2[nH]nc3ncc(Cc4cc(F)ccc4F)cc23)c1)N1CCNCC1. The maximum Gasteiger partial charge on any atom is 0.254 e. The van der Waals surface area contributed by atoms with Crippen LogP contribution in [0, 0.1) is 11.6 Å². The highest BCUT2D eigenvalue weighted by molar-refractivity contribution is 5.96. The van der Waals surface area contributed by atoms with E-state index in [1.165, 1.54) is 6.07 Å². The fourth-order valence-corrected chi connectivity index (χ4v) is 3.96. The van der Waals surface area contributed by atoms with Gasteiger partial charge in [0.15, 0.2) is 5.65 Å². The lowest BCUT2D eigenvalue weighted by atomic mass is 10.1. The van der Waals surface area contributed by atoms with Crippen molar-refractivity contribution in [1.82, 2.24) is 25.4 Å². The zero-order valence-electron chi connectivity index (χ0n) is 17.7. The molecule has 0 saturated carbocycles. The molecule has 7 nitrogen and oxygen atoms in total. The third-order valence-corrected chi connectivity index (χ3v) is 5.65. The van der Waals surface area contributed by atoms with Gasteiger partial charge in [-0.1, -0.05) is 6.07 Å². The number of rotatable bonds is 5. The van der Waals surface area contributed by atoms with Crippen molar-refractivity contribution >= 4 is 28.4 Å². The first-order valence-electron chi connectivity index (χ1n) is 10.7. The summed E-state index contributed by atoms with van der Waals surface area (Å²) < 4.78 is 27.6. The summed E-state index contributed by atoms with van der Waals surface area (Å²) in [6.45, 7) is 2.95. The summed E-state index contributed by atoms with van der Waals surface area (Å²) in [6.07, 6.45) is 1.80. The highest BCUT2D eigenvalue weighted by atomic mass is 19.1. The first kappa shape index (κ1) is 21.0. The Kier molecular flexibility index (Phi) is 5.70. The van der Waals surface area contributed by atoms with Crippen LogP contribution >= 0.6 is 0 Å².